The van der Waals surface area contributed by atoms with Gasteiger partial charge >= 0.3 is 0 Å². The molecule has 4 rings (SSSR count). The van der Waals surface area contributed by atoms with E-state index in [4.69, 9.17) is 23.2 Å². The van der Waals surface area contributed by atoms with Crippen LogP contribution < -0.4 is 4.90 Å². The first kappa shape index (κ1) is 19.4. The van der Waals surface area contributed by atoms with E-state index in [-0.39, 0.29) is 11.2 Å². The Morgan fingerprint density at radius 3 is 2.54 bits per heavy atom. The SMILES string of the molecule is CC(Sc1nnc2c(Cl)cc(Cl)cn12)C(=O)N1CCN(c2ccccc2)CC1. The molecule has 1 fully saturated rings. The van der Waals surface area contributed by atoms with Gasteiger partial charge in [0.15, 0.2) is 10.8 Å². The summed E-state index contributed by atoms with van der Waals surface area (Å²) >= 11 is 13.6. The molecule has 0 bridgehead atoms. The van der Waals surface area contributed by atoms with Gasteiger partial charge in [0.2, 0.25) is 5.91 Å². The largest absolute Gasteiger partial charge is 0.368 e. The number of hydrogen-bond acceptors (Lipinski definition) is 5. The van der Waals surface area contributed by atoms with Crippen LogP contribution in [0.4, 0.5) is 5.69 Å². The molecule has 1 amide bonds. The predicted molar refractivity (Wildman–Crippen MR) is 114 cm³/mol. The molecular weight excluding hydrogens is 417 g/mol. The van der Waals surface area contributed by atoms with Gasteiger partial charge in [-0.2, -0.15) is 0 Å². The maximum Gasteiger partial charge on any atom is 0.236 e. The average molecular weight is 436 g/mol. The number of pyridine rings is 1. The first-order valence-electron chi connectivity index (χ1n) is 8.98. The Balaban J connectivity index is 1.41. The zero-order chi connectivity index (χ0) is 19.7. The van der Waals surface area contributed by atoms with Crippen molar-refractivity contribution in [1.82, 2.24) is 19.5 Å². The zero-order valence-electron chi connectivity index (χ0n) is 15.3. The van der Waals surface area contributed by atoms with Crippen LogP contribution in [0.2, 0.25) is 10.0 Å². The first-order valence-corrected chi connectivity index (χ1v) is 10.6. The molecule has 1 aliphatic heterocycles. The van der Waals surface area contributed by atoms with Crippen LogP contribution in [-0.2, 0) is 4.79 Å². The fourth-order valence-corrected chi connectivity index (χ4v) is 4.69. The molecule has 0 saturated carbocycles. The van der Waals surface area contributed by atoms with E-state index in [0.29, 0.717) is 33.9 Å². The monoisotopic (exact) mass is 435 g/mol. The third-order valence-electron chi connectivity index (χ3n) is 4.74. The smallest absolute Gasteiger partial charge is 0.236 e. The molecule has 28 heavy (non-hydrogen) atoms. The molecule has 146 valence electrons. The highest BCUT2D eigenvalue weighted by atomic mass is 35.5. The number of anilines is 1. The Bertz CT molecular complexity index is 989. The summed E-state index contributed by atoms with van der Waals surface area (Å²) in [5.74, 6) is 0.0996. The van der Waals surface area contributed by atoms with E-state index < -0.39 is 0 Å². The topological polar surface area (TPSA) is 53.7 Å². The molecule has 9 heteroatoms. The zero-order valence-corrected chi connectivity index (χ0v) is 17.6. The Morgan fingerprint density at radius 1 is 1.11 bits per heavy atom. The number of carbonyl (C=O) groups excluding carboxylic acids is 1. The van der Waals surface area contributed by atoms with Gasteiger partial charge in [-0.3, -0.25) is 9.20 Å². The van der Waals surface area contributed by atoms with Gasteiger partial charge in [-0.1, -0.05) is 53.2 Å². The molecule has 1 unspecified atom stereocenters. The van der Waals surface area contributed by atoms with E-state index in [0.717, 1.165) is 13.1 Å². The second-order valence-electron chi connectivity index (χ2n) is 6.59. The number of halogens is 2. The highest BCUT2D eigenvalue weighted by molar-refractivity contribution is 8.00. The minimum Gasteiger partial charge on any atom is -0.368 e. The van der Waals surface area contributed by atoms with E-state index in [1.165, 1.54) is 17.4 Å². The molecule has 0 radical (unpaired) electrons. The highest BCUT2D eigenvalue weighted by Crippen LogP contribution is 2.28. The van der Waals surface area contributed by atoms with Crippen LogP contribution in [0.25, 0.3) is 5.65 Å². The summed E-state index contributed by atoms with van der Waals surface area (Å²) < 4.78 is 1.73. The number of para-hydroxylation sites is 1. The highest BCUT2D eigenvalue weighted by Gasteiger charge is 2.27. The summed E-state index contributed by atoms with van der Waals surface area (Å²) in [6.45, 7) is 4.95. The Morgan fingerprint density at radius 2 is 1.82 bits per heavy atom. The molecule has 1 atom stereocenters. The summed E-state index contributed by atoms with van der Waals surface area (Å²) in [6.07, 6.45) is 1.71. The maximum absolute atomic E-state index is 12.9. The normalized spacial score (nSPS) is 15.8. The minimum absolute atomic E-state index is 0.0996. The number of piperazine rings is 1. The van der Waals surface area contributed by atoms with Crippen molar-refractivity contribution in [3.05, 3.63) is 52.6 Å². The van der Waals surface area contributed by atoms with Crippen molar-refractivity contribution in [2.45, 2.75) is 17.3 Å². The second-order valence-corrected chi connectivity index (χ2v) is 8.74. The summed E-state index contributed by atoms with van der Waals surface area (Å²) in [5, 5.41) is 9.51. The van der Waals surface area contributed by atoms with E-state index >= 15 is 0 Å². The molecule has 6 nitrogen and oxygen atoms in total. The summed E-state index contributed by atoms with van der Waals surface area (Å²) in [4.78, 5) is 17.1. The Labute approximate surface area is 177 Å². The van der Waals surface area contributed by atoms with Crippen LogP contribution in [0, 0.1) is 0 Å². The fraction of sp³-hybridized carbons (Fsp3) is 0.316. The van der Waals surface area contributed by atoms with E-state index in [1.54, 1.807) is 16.7 Å². The number of fused-ring (bicyclic) bond motifs is 1. The molecule has 1 aliphatic rings. The third-order valence-corrected chi connectivity index (χ3v) is 6.27. The first-order chi connectivity index (χ1) is 13.5. The quantitative estimate of drug-likeness (QED) is 0.582. The van der Waals surface area contributed by atoms with Gasteiger partial charge in [-0.15, -0.1) is 10.2 Å². The van der Waals surface area contributed by atoms with Crippen molar-refractivity contribution in [2.75, 3.05) is 31.1 Å². The van der Waals surface area contributed by atoms with Crippen LogP contribution in [0.15, 0.2) is 47.8 Å². The van der Waals surface area contributed by atoms with Crippen molar-refractivity contribution < 1.29 is 4.79 Å². The number of aromatic nitrogens is 3. The number of benzene rings is 1. The van der Waals surface area contributed by atoms with Crippen LogP contribution in [0.1, 0.15) is 6.92 Å². The Kier molecular flexibility index (Phi) is 5.66. The molecule has 2 aromatic heterocycles. The molecule has 0 aliphatic carbocycles. The lowest BCUT2D eigenvalue weighted by Gasteiger charge is -2.37. The van der Waals surface area contributed by atoms with Crippen LogP contribution >= 0.6 is 35.0 Å². The van der Waals surface area contributed by atoms with Gasteiger partial charge in [-0.25, -0.2) is 0 Å². The Hall–Kier alpha value is -1.96. The summed E-state index contributed by atoms with van der Waals surface area (Å²) in [7, 11) is 0. The lowest BCUT2D eigenvalue weighted by molar-refractivity contribution is -0.130. The molecule has 3 aromatic rings. The number of nitrogens with zero attached hydrogens (tertiary/aromatic N) is 5. The van der Waals surface area contributed by atoms with E-state index in [2.05, 4.69) is 27.2 Å². The third kappa shape index (κ3) is 3.92. The number of hydrogen-bond donors (Lipinski definition) is 0. The average Bonchev–Trinajstić information content (AvgIpc) is 3.11. The van der Waals surface area contributed by atoms with Crippen LogP contribution in [0.3, 0.4) is 0 Å². The van der Waals surface area contributed by atoms with Crippen molar-refractivity contribution in [3.63, 3.8) is 0 Å². The number of thioether (sulfide) groups is 1. The van der Waals surface area contributed by atoms with Crippen molar-refractivity contribution >= 4 is 52.2 Å². The molecule has 3 heterocycles. The van der Waals surface area contributed by atoms with Gasteiger partial charge < -0.3 is 9.80 Å². The number of carbonyl (C=O) groups is 1. The standard InChI is InChI=1S/C19H19Cl2N5OS/c1-13(28-19-23-22-17-16(21)11-14(20)12-26(17)19)18(27)25-9-7-24(8-10-25)15-5-3-2-4-6-15/h2-6,11-13H,7-10H2,1H3. The van der Waals surface area contributed by atoms with E-state index in [9.17, 15) is 4.79 Å². The van der Waals surface area contributed by atoms with Gasteiger partial charge in [-0.05, 0) is 25.1 Å². The van der Waals surface area contributed by atoms with Crippen LogP contribution in [0.5, 0.6) is 0 Å². The van der Waals surface area contributed by atoms with E-state index in [1.807, 2.05) is 30.0 Å². The summed E-state index contributed by atoms with van der Waals surface area (Å²) in [6, 6.07) is 11.9. The van der Waals surface area contributed by atoms with Crippen molar-refractivity contribution in [1.29, 1.82) is 0 Å². The summed E-state index contributed by atoms with van der Waals surface area (Å²) in [5.41, 5.74) is 1.73. The fourth-order valence-electron chi connectivity index (χ4n) is 3.27. The van der Waals surface area contributed by atoms with Gasteiger partial charge in [0.1, 0.15) is 0 Å². The van der Waals surface area contributed by atoms with Gasteiger partial charge in [0, 0.05) is 38.1 Å². The minimum atomic E-state index is -0.284. The molecule has 0 spiro atoms. The molecule has 1 saturated heterocycles. The van der Waals surface area contributed by atoms with Crippen molar-refractivity contribution in [3.8, 4) is 0 Å². The molecular formula is C19H19Cl2N5OS. The van der Waals surface area contributed by atoms with Crippen LogP contribution in [-0.4, -0.2) is 56.8 Å². The van der Waals surface area contributed by atoms with Gasteiger partial charge in [0.05, 0.1) is 15.3 Å². The molecule has 0 N–H and O–H groups in total. The van der Waals surface area contributed by atoms with Crippen molar-refractivity contribution in [2.24, 2.45) is 0 Å². The number of rotatable bonds is 4. The lowest BCUT2D eigenvalue weighted by Crippen LogP contribution is -2.50. The molecule has 1 aromatic carbocycles. The maximum atomic E-state index is 12.9. The second kappa shape index (κ2) is 8.19. The lowest BCUT2D eigenvalue weighted by atomic mass is 10.2. The predicted octanol–water partition coefficient (Wildman–Crippen LogP) is 3.87. The van der Waals surface area contributed by atoms with Gasteiger partial charge in [0.25, 0.3) is 0 Å². The number of amides is 1.